The molecule has 722 valence electrons. The van der Waals surface area contributed by atoms with Gasteiger partial charge in [-0.3, -0.25) is 0 Å². The SMILES string of the molecule is CCCN(C)c1ccc2nc(C3CC3)nc(NC3CCCC3N(C)c3ccccc3OC)c2c1.COc1ccccc1N(C)C1CCCC1Nc1nc(C2CC2)nc2ccc(N(C)CCO)cc12.Cc1cccnc1N1CCN(c2nc(C3(F)CC3)nc3c(Cl)cc(N4CC[C@@H](O)C4)cc23)CC1.Cc1cccnc1N1CCN(c2nc(C3(F)CCC3)nc3c(Cl)cc(N4CC[C@@H](O)C4)cc23)CC1. The number of β-amino-alcohol motifs (C(OH)–C–C–N with tert-alkyl or cyclic N) is 2. The van der Waals surface area contributed by atoms with E-state index in [4.69, 9.17) is 62.6 Å². The number of rotatable bonds is 26. The molecular formula is C106H130Cl2F2N22O5. The van der Waals surface area contributed by atoms with Crippen LogP contribution in [0.4, 0.5) is 77.8 Å². The minimum Gasteiger partial charge on any atom is -0.495 e. The van der Waals surface area contributed by atoms with Crippen LogP contribution in [0.1, 0.15) is 169 Å². The van der Waals surface area contributed by atoms with Gasteiger partial charge in [0.1, 0.15) is 58.1 Å². The Hall–Kier alpha value is -11.5. The molecule has 0 radical (unpaired) electrons. The summed E-state index contributed by atoms with van der Waals surface area (Å²) in [7, 11) is 12.0. The summed E-state index contributed by atoms with van der Waals surface area (Å²) in [5.41, 5.74) is 9.01. The Kier molecular flexibility index (Phi) is 28.2. The third kappa shape index (κ3) is 20.6. The van der Waals surface area contributed by atoms with Crippen molar-refractivity contribution in [3.8, 4) is 11.5 Å². The maximum Gasteiger partial charge on any atom is 0.170 e. The van der Waals surface area contributed by atoms with Gasteiger partial charge in [-0.2, -0.15) is 0 Å². The van der Waals surface area contributed by atoms with Gasteiger partial charge in [0, 0.05) is 213 Å². The first-order valence-corrected chi connectivity index (χ1v) is 50.3. The molecule has 12 aromatic rings. The van der Waals surface area contributed by atoms with Crippen LogP contribution in [-0.2, 0) is 11.3 Å². The quantitative estimate of drug-likeness (QED) is 0.0337. The molecular weight excluding hydrogens is 1770 g/mol. The summed E-state index contributed by atoms with van der Waals surface area (Å²) in [4.78, 5) is 70.4. The van der Waals surface area contributed by atoms with Gasteiger partial charge in [0.2, 0.25) is 0 Å². The van der Waals surface area contributed by atoms with E-state index >= 15 is 8.78 Å². The summed E-state index contributed by atoms with van der Waals surface area (Å²) in [5.74, 6) is 10.7. The van der Waals surface area contributed by atoms with E-state index in [-0.39, 0.29) is 36.5 Å². The first-order chi connectivity index (χ1) is 66.5. The number of aliphatic hydroxyl groups is 3. The Balaban J connectivity index is 0.000000117. The first-order valence-electron chi connectivity index (χ1n) is 49.5. The Morgan fingerprint density at radius 2 is 0.854 bits per heavy atom. The second kappa shape index (κ2) is 40.9. The van der Waals surface area contributed by atoms with E-state index in [2.05, 4.69) is 200 Å². The van der Waals surface area contributed by atoms with Crippen LogP contribution in [0.15, 0.2) is 146 Å². The van der Waals surface area contributed by atoms with Crippen LogP contribution in [0, 0.1) is 13.8 Å². The molecule has 6 aliphatic carbocycles. The van der Waals surface area contributed by atoms with Crippen LogP contribution < -0.4 is 69.1 Å². The van der Waals surface area contributed by atoms with Gasteiger partial charge >= 0.3 is 0 Å². The predicted molar refractivity (Wildman–Crippen MR) is 550 cm³/mol. The monoisotopic (exact) mass is 1900 g/mol. The van der Waals surface area contributed by atoms with Gasteiger partial charge in [-0.25, -0.2) is 58.6 Å². The van der Waals surface area contributed by atoms with Crippen molar-refractivity contribution in [2.45, 2.75) is 196 Å². The molecule has 10 aliphatic rings. The number of alkyl halides is 2. The molecule has 4 aliphatic heterocycles. The number of likely N-dealkylation sites (N-methyl/N-ethyl adjacent to an activating group) is 3. The van der Waals surface area contributed by atoms with E-state index in [1.54, 1.807) is 14.2 Å². The van der Waals surface area contributed by atoms with Crippen molar-refractivity contribution in [2.24, 2.45) is 0 Å². The summed E-state index contributed by atoms with van der Waals surface area (Å²) < 4.78 is 41.9. The molecule has 5 N–H and O–H groups in total. The summed E-state index contributed by atoms with van der Waals surface area (Å²) >= 11 is 13.5. The Labute approximate surface area is 812 Å². The third-order valence-corrected chi connectivity index (χ3v) is 30.1. The topological polar surface area (TPSA) is 265 Å². The molecule has 31 heteroatoms. The smallest absolute Gasteiger partial charge is 0.170 e. The summed E-state index contributed by atoms with van der Waals surface area (Å²) in [6, 6.07) is 46.7. The molecule has 6 saturated carbocycles. The standard InChI is InChI=1S/C28H37N5O.C27H35N5O2.C26H30ClFN6O.C25H28ClFN6O/c1-5-17-32(2)20-15-16-22-21(18-20)28(31-27(29-22)19-13-14-19)30-23-9-8-11-24(23)33(3)25-10-6-7-12-26(25)34-4;1-31(15-16-33)19-13-14-21-20(17-19)27(30-26(28-21)18-11-12-18)29-22-7-6-9-23(22)32(2)24-8-4-5-10-25(24)34-3;1-17-4-2-8-29-23(17)32-10-12-33(13-11-32)24-20-14-18(34-9-5-19(35)16-34)15-21(27)22(20)30-25(31-24)26(28)6-3-7-26;1-16-3-2-7-28-22(16)31-9-11-32(12-10-31)23-19-13-17(33-8-4-18(34)15-33)14-20(26)21(19)29-24(30-23)25(27)5-6-25/h6-7,10,12,15-16,18-19,23-24H,5,8-9,11,13-14,17H2,1-4H3,(H,29,30,31);4-5,8,10,13-14,17-18,22-23,33H,6-7,9,11-12,15-16H2,1-3H3,(H,28,29,30);2,4,8,14-15,19,35H,3,5-7,9-13,16H2,1H3;2-3,7,13-14,18,34H,4-6,8-12,15H2,1H3/t;;19-;18-/m..11/s1. The highest BCUT2D eigenvalue weighted by Crippen LogP contribution is 2.52. The number of piperazine rings is 2. The van der Waals surface area contributed by atoms with Crippen molar-refractivity contribution < 1.29 is 33.6 Å². The van der Waals surface area contributed by atoms with Crippen LogP contribution in [-0.4, -0.2) is 242 Å². The summed E-state index contributed by atoms with van der Waals surface area (Å²) in [6.45, 7) is 17.0. The van der Waals surface area contributed by atoms with E-state index < -0.39 is 11.3 Å². The predicted octanol–water partition coefficient (Wildman–Crippen LogP) is 18.3. The minimum absolute atomic E-state index is 0.121. The van der Waals surface area contributed by atoms with Gasteiger partial charge in [0.15, 0.2) is 23.0 Å². The number of aliphatic hydroxyl groups excluding tert-OH is 3. The second-order valence-electron chi connectivity index (χ2n) is 39.1. The zero-order valence-corrected chi connectivity index (χ0v) is 81.9. The number of methoxy groups -OCH3 is 2. The lowest BCUT2D eigenvalue weighted by Crippen LogP contribution is -2.47. The average Bonchev–Trinajstić information content (AvgIpc) is 1.74. The largest absolute Gasteiger partial charge is 0.495 e. The van der Waals surface area contributed by atoms with Crippen molar-refractivity contribution in [1.29, 1.82) is 0 Å². The number of para-hydroxylation sites is 4. The number of pyridine rings is 2. The number of hydrogen-bond donors (Lipinski definition) is 5. The van der Waals surface area contributed by atoms with Crippen molar-refractivity contribution in [1.82, 2.24) is 49.8 Å². The van der Waals surface area contributed by atoms with E-state index in [0.29, 0.717) is 96.4 Å². The van der Waals surface area contributed by atoms with Gasteiger partial charge < -0.3 is 84.4 Å². The molecule has 10 heterocycles. The molecule has 10 fully saturated rings. The number of anilines is 12. The van der Waals surface area contributed by atoms with Crippen molar-refractivity contribution in [3.05, 3.63) is 190 Å². The van der Waals surface area contributed by atoms with Crippen LogP contribution >= 0.6 is 23.2 Å². The lowest BCUT2D eigenvalue weighted by Gasteiger charge is -2.38. The number of ether oxygens (including phenoxy) is 2. The molecule has 4 saturated heterocycles. The highest BCUT2D eigenvalue weighted by Gasteiger charge is 2.49. The first kappa shape index (κ1) is 94.5. The molecule has 22 rings (SSSR count). The molecule has 137 heavy (non-hydrogen) atoms. The highest BCUT2D eigenvalue weighted by atomic mass is 35.5. The molecule has 0 amide bonds. The number of aromatic nitrogens is 10. The van der Waals surface area contributed by atoms with Crippen LogP contribution in [0.3, 0.4) is 0 Å². The molecule has 6 atom stereocenters. The normalized spacial score (nSPS) is 21.0. The number of halogens is 4. The van der Waals surface area contributed by atoms with E-state index in [1.807, 2.05) is 74.0 Å². The lowest BCUT2D eigenvalue weighted by molar-refractivity contribution is 0.0512. The van der Waals surface area contributed by atoms with Gasteiger partial charge in [-0.15, -0.1) is 0 Å². The Morgan fingerprint density at radius 3 is 1.23 bits per heavy atom. The molecule has 6 aromatic carbocycles. The number of hydrogen-bond acceptors (Lipinski definition) is 27. The van der Waals surface area contributed by atoms with E-state index in [9.17, 15) is 15.3 Å². The van der Waals surface area contributed by atoms with Gasteiger partial charge in [0.05, 0.1) is 76.5 Å². The molecule has 6 aromatic heterocycles. The fourth-order valence-corrected chi connectivity index (χ4v) is 21.4. The second-order valence-corrected chi connectivity index (χ2v) is 39.9. The lowest BCUT2D eigenvalue weighted by atomic mass is 9.81. The van der Waals surface area contributed by atoms with Gasteiger partial charge in [0.25, 0.3) is 0 Å². The third-order valence-electron chi connectivity index (χ3n) is 29.5. The molecule has 4 unspecified atom stereocenters. The van der Waals surface area contributed by atoms with Crippen molar-refractivity contribution in [3.63, 3.8) is 0 Å². The highest BCUT2D eigenvalue weighted by molar-refractivity contribution is 6.36. The maximum atomic E-state index is 15.5. The van der Waals surface area contributed by atoms with E-state index in [0.717, 1.165) is 254 Å². The molecule has 0 bridgehead atoms. The number of benzene rings is 6. The zero-order chi connectivity index (χ0) is 94.9. The van der Waals surface area contributed by atoms with Gasteiger partial charge in [-0.1, -0.05) is 66.5 Å². The Morgan fingerprint density at radius 1 is 0.438 bits per heavy atom. The van der Waals surface area contributed by atoms with Crippen LogP contribution in [0.2, 0.25) is 10.0 Å². The number of aryl methyl sites for hydroxylation is 2. The zero-order valence-electron chi connectivity index (χ0n) is 80.4. The van der Waals surface area contributed by atoms with Gasteiger partial charge in [-0.05, 0) is 238 Å². The van der Waals surface area contributed by atoms with Crippen molar-refractivity contribution >= 4 is 136 Å². The fraction of sp³-hybridized carbons (Fsp3) is 0.491. The number of fused-ring (bicyclic) bond motifs is 4. The van der Waals surface area contributed by atoms with E-state index in [1.165, 1.54) is 44.2 Å². The number of nitrogens with zero attached hydrogens (tertiary/aromatic N) is 20. The number of nitrogens with one attached hydrogen (secondary N) is 2. The summed E-state index contributed by atoms with van der Waals surface area (Å²) in [6.07, 6.45) is 19.8. The fourth-order valence-electron chi connectivity index (χ4n) is 20.9. The summed E-state index contributed by atoms with van der Waals surface area (Å²) in [5, 5.41) is 42.0. The average molecular weight is 1900 g/mol. The molecule has 0 spiro atoms. The Bertz CT molecular complexity index is 6120. The van der Waals surface area contributed by atoms with Crippen molar-refractivity contribution in [2.75, 3.05) is 200 Å². The maximum absolute atomic E-state index is 15.5. The minimum atomic E-state index is -1.48. The molecule has 27 nitrogen and oxygen atoms in total. The van der Waals surface area contributed by atoms with Crippen LogP contribution in [0.25, 0.3) is 43.6 Å². The van der Waals surface area contributed by atoms with Crippen LogP contribution in [0.5, 0.6) is 11.5 Å².